The number of nitrogens with zero attached hydrogens (tertiary/aromatic N) is 2. The third kappa shape index (κ3) is 3.75. The smallest absolute Gasteiger partial charge is 0.244 e. The zero-order valence-corrected chi connectivity index (χ0v) is 11.7. The average Bonchev–Trinajstić information content (AvgIpc) is 2.27. The maximum Gasteiger partial charge on any atom is 0.244 e. The maximum absolute atomic E-state index is 12.1. The molecule has 0 bridgehead atoms. The van der Waals surface area contributed by atoms with Gasteiger partial charge in [-0.2, -0.15) is 5.26 Å². The van der Waals surface area contributed by atoms with Crippen LogP contribution in [0.15, 0.2) is 18.2 Å². The van der Waals surface area contributed by atoms with Crippen LogP contribution < -0.4 is 4.90 Å². The van der Waals surface area contributed by atoms with Crippen molar-refractivity contribution in [3.63, 3.8) is 0 Å². The van der Waals surface area contributed by atoms with Gasteiger partial charge in [0, 0.05) is 12.2 Å². The predicted molar refractivity (Wildman–Crippen MR) is 73.8 cm³/mol. The lowest BCUT2D eigenvalue weighted by Gasteiger charge is -2.23. The van der Waals surface area contributed by atoms with Gasteiger partial charge < -0.3 is 4.90 Å². The number of hydrogen-bond donors (Lipinski definition) is 0. The number of carbonyl (C=O) groups excluding carboxylic acids is 1. The number of aryl methyl sites for hydroxylation is 2. The highest BCUT2D eigenvalue weighted by Gasteiger charge is 2.20. The molecule has 3 nitrogen and oxygen atoms in total. The number of alkyl halides is 1. The van der Waals surface area contributed by atoms with Crippen molar-refractivity contribution in [1.29, 1.82) is 5.26 Å². The first-order valence-corrected chi connectivity index (χ1v) is 6.30. The van der Waals surface area contributed by atoms with E-state index >= 15 is 0 Å². The molecular formula is C14H17ClN2O. The van der Waals surface area contributed by atoms with Crippen LogP contribution in [0.5, 0.6) is 0 Å². The molecule has 0 spiro atoms. The molecule has 0 saturated carbocycles. The van der Waals surface area contributed by atoms with Crippen molar-refractivity contribution in [2.75, 3.05) is 11.4 Å². The van der Waals surface area contributed by atoms with Gasteiger partial charge >= 0.3 is 0 Å². The van der Waals surface area contributed by atoms with Crippen LogP contribution >= 0.6 is 11.6 Å². The highest BCUT2D eigenvalue weighted by Crippen LogP contribution is 2.20. The SMILES string of the molecule is Cc1cc(C)cc(N(CCC#N)C(=O)[C@@H](C)Cl)c1. The van der Waals surface area contributed by atoms with Gasteiger partial charge in [-0.3, -0.25) is 4.79 Å². The highest BCUT2D eigenvalue weighted by molar-refractivity contribution is 6.32. The van der Waals surface area contributed by atoms with Crippen LogP contribution in [0.4, 0.5) is 5.69 Å². The van der Waals surface area contributed by atoms with E-state index in [0.717, 1.165) is 16.8 Å². The largest absolute Gasteiger partial charge is 0.310 e. The molecule has 1 aromatic rings. The molecule has 1 atom stereocenters. The Hall–Kier alpha value is -1.53. The summed E-state index contributed by atoms with van der Waals surface area (Å²) < 4.78 is 0. The van der Waals surface area contributed by atoms with Crippen LogP contribution in [-0.2, 0) is 4.79 Å². The fraction of sp³-hybridized carbons (Fsp3) is 0.429. The normalized spacial score (nSPS) is 11.7. The summed E-state index contributed by atoms with van der Waals surface area (Å²) in [6.07, 6.45) is 0.294. The summed E-state index contributed by atoms with van der Waals surface area (Å²) in [5, 5.41) is 8.08. The zero-order valence-electron chi connectivity index (χ0n) is 10.9. The molecule has 0 aliphatic heterocycles. The molecule has 0 saturated heterocycles. The number of hydrogen-bond acceptors (Lipinski definition) is 2. The van der Waals surface area contributed by atoms with Crippen molar-refractivity contribution in [2.45, 2.75) is 32.6 Å². The number of halogens is 1. The fourth-order valence-electron chi connectivity index (χ4n) is 1.85. The van der Waals surface area contributed by atoms with E-state index in [1.165, 1.54) is 0 Å². The molecule has 1 amide bonds. The van der Waals surface area contributed by atoms with E-state index in [4.69, 9.17) is 16.9 Å². The van der Waals surface area contributed by atoms with Crippen molar-refractivity contribution >= 4 is 23.2 Å². The summed E-state index contributed by atoms with van der Waals surface area (Å²) >= 11 is 5.86. The highest BCUT2D eigenvalue weighted by atomic mass is 35.5. The van der Waals surface area contributed by atoms with Gasteiger partial charge in [0.1, 0.15) is 5.38 Å². The molecule has 0 N–H and O–H groups in total. The van der Waals surface area contributed by atoms with Crippen LogP contribution in [-0.4, -0.2) is 17.8 Å². The van der Waals surface area contributed by atoms with E-state index in [9.17, 15) is 4.79 Å². The van der Waals surface area contributed by atoms with E-state index in [1.807, 2.05) is 32.0 Å². The average molecular weight is 265 g/mol. The molecule has 18 heavy (non-hydrogen) atoms. The van der Waals surface area contributed by atoms with E-state index < -0.39 is 5.38 Å². The van der Waals surface area contributed by atoms with Gasteiger partial charge in [0.15, 0.2) is 0 Å². The van der Waals surface area contributed by atoms with Crippen molar-refractivity contribution in [2.24, 2.45) is 0 Å². The third-order valence-corrected chi connectivity index (χ3v) is 2.76. The Bertz CT molecular complexity index is 457. The van der Waals surface area contributed by atoms with E-state index in [2.05, 4.69) is 6.07 Å². The minimum Gasteiger partial charge on any atom is -0.310 e. The van der Waals surface area contributed by atoms with Gasteiger partial charge in [-0.25, -0.2) is 0 Å². The molecule has 1 aromatic carbocycles. The van der Waals surface area contributed by atoms with Crippen LogP contribution in [0.2, 0.25) is 0 Å². The van der Waals surface area contributed by atoms with Gasteiger partial charge in [-0.15, -0.1) is 11.6 Å². The van der Waals surface area contributed by atoms with Gasteiger partial charge in [0.25, 0.3) is 0 Å². The molecule has 0 aromatic heterocycles. The molecule has 96 valence electrons. The minimum absolute atomic E-state index is 0.170. The maximum atomic E-state index is 12.1. The lowest BCUT2D eigenvalue weighted by molar-refractivity contribution is -0.118. The van der Waals surface area contributed by atoms with E-state index in [0.29, 0.717) is 13.0 Å². The third-order valence-electron chi connectivity index (χ3n) is 2.57. The number of anilines is 1. The topological polar surface area (TPSA) is 44.1 Å². The van der Waals surface area contributed by atoms with Crippen LogP contribution in [0.3, 0.4) is 0 Å². The van der Waals surface area contributed by atoms with Crippen molar-refractivity contribution in [3.05, 3.63) is 29.3 Å². The predicted octanol–water partition coefficient (Wildman–Crippen LogP) is 3.18. The Balaban J connectivity index is 3.09. The second-order valence-corrected chi connectivity index (χ2v) is 5.01. The van der Waals surface area contributed by atoms with Crippen molar-refractivity contribution in [3.8, 4) is 6.07 Å². The number of carbonyl (C=O) groups is 1. The number of amides is 1. The lowest BCUT2D eigenvalue weighted by Crippen LogP contribution is -2.36. The van der Waals surface area contributed by atoms with Crippen LogP contribution in [0.25, 0.3) is 0 Å². The summed E-state index contributed by atoms with van der Waals surface area (Å²) in [5.41, 5.74) is 2.98. The fourth-order valence-corrected chi connectivity index (χ4v) is 1.97. The first kappa shape index (κ1) is 14.5. The summed E-state index contributed by atoms with van der Waals surface area (Å²) in [7, 11) is 0. The molecule has 1 rings (SSSR count). The Morgan fingerprint density at radius 3 is 2.39 bits per heavy atom. The molecular weight excluding hydrogens is 248 g/mol. The molecule has 4 heteroatoms. The summed E-state index contributed by atoms with van der Waals surface area (Å²) in [6.45, 7) is 5.97. The van der Waals surface area contributed by atoms with Crippen molar-refractivity contribution in [1.82, 2.24) is 0 Å². The molecule has 0 fully saturated rings. The van der Waals surface area contributed by atoms with E-state index in [-0.39, 0.29) is 5.91 Å². The number of nitriles is 1. The monoisotopic (exact) mass is 264 g/mol. The van der Waals surface area contributed by atoms with Gasteiger partial charge in [-0.05, 0) is 44.0 Å². The lowest BCUT2D eigenvalue weighted by atomic mass is 10.1. The zero-order chi connectivity index (χ0) is 13.7. The second kappa shape index (κ2) is 6.42. The molecule has 0 heterocycles. The molecule has 0 aliphatic rings. The van der Waals surface area contributed by atoms with Crippen LogP contribution in [0.1, 0.15) is 24.5 Å². The quantitative estimate of drug-likeness (QED) is 0.784. The van der Waals surface area contributed by atoms with Gasteiger partial charge in [0.05, 0.1) is 12.5 Å². The first-order valence-electron chi connectivity index (χ1n) is 5.86. The second-order valence-electron chi connectivity index (χ2n) is 4.36. The Labute approximate surface area is 113 Å². The number of rotatable bonds is 4. The minimum atomic E-state index is -0.593. The standard InChI is InChI=1S/C14H17ClN2O/c1-10-7-11(2)9-13(8-10)17(6-4-5-16)14(18)12(3)15/h7-9,12H,4,6H2,1-3H3/t12-/m1/s1. The first-order chi connectivity index (χ1) is 8.45. The molecule has 0 aliphatic carbocycles. The molecule has 0 unspecified atom stereocenters. The van der Waals surface area contributed by atoms with Crippen LogP contribution in [0, 0.1) is 25.2 Å². The van der Waals surface area contributed by atoms with Crippen molar-refractivity contribution < 1.29 is 4.79 Å². The molecule has 0 radical (unpaired) electrons. The summed E-state index contributed by atoms with van der Waals surface area (Å²) in [4.78, 5) is 13.6. The Morgan fingerprint density at radius 2 is 1.94 bits per heavy atom. The van der Waals surface area contributed by atoms with E-state index in [1.54, 1.807) is 11.8 Å². The van der Waals surface area contributed by atoms with Gasteiger partial charge in [0.2, 0.25) is 5.91 Å². The Kier molecular flexibility index (Phi) is 5.18. The van der Waals surface area contributed by atoms with Gasteiger partial charge in [-0.1, -0.05) is 6.07 Å². The summed E-state index contributed by atoms with van der Waals surface area (Å²) in [6, 6.07) is 7.96. The Morgan fingerprint density at radius 1 is 1.39 bits per heavy atom. The summed E-state index contributed by atoms with van der Waals surface area (Å²) in [5.74, 6) is -0.170. The number of benzene rings is 1.